The summed E-state index contributed by atoms with van der Waals surface area (Å²) in [7, 11) is 0. The van der Waals surface area contributed by atoms with Gasteiger partial charge in [0.25, 0.3) is 0 Å². The first-order valence-corrected chi connectivity index (χ1v) is 6.81. The van der Waals surface area contributed by atoms with E-state index in [1.54, 1.807) is 18.2 Å². The molecule has 0 heterocycles. The summed E-state index contributed by atoms with van der Waals surface area (Å²) in [5.74, 6) is 1.43. The van der Waals surface area contributed by atoms with E-state index in [1.807, 2.05) is 0 Å². The molecule has 1 fully saturated rings. The summed E-state index contributed by atoms with van der Waals surface area (Å²) in [4.78, 5) is 11.2. The standard InChI is InChI=1S/C15H22N2O2/c1-9-5-10(2)7-12(6-9)19-14-8-11(15(17)18)3-4-13(14)16/h3-4,8-10,12H,5-7,16H2,1-2H3,(H2,17,18). The van der Waals surface area contributed by atoms with E-state index in [2.05, 4.69) is 13.8 Å². The minimum Gasteiger partial charge on any atom is -0.488 e. The van der Waals surface area contributed by atoms with Gasteiger partial charge in [-0.1, -0.05) is 13.8 Å². The van der Waals surface area contributed by atoms with Gasteiger partial charge in [0.1, 0.15) is 5.75 Å². The van der Waals surface area contributed by atoms with Crippen molar-refractivity contribution in [2.24, 2.45) is 17.6 Å². The molecular formula is C15H22N2O2. The first kappa shape index (κ1) is 13.7. The van der Waals surface area contributed by atoms with Crippen LogP contribution in [0.1, 0.15) is 43.5 Å². The quantitative estimate of drug-likeness (QED) is 0.822. The zero-order valence-electron chi connectivity index (χ0n) is 11.6. The summed E-state index contributed by atoms with van der Waals surface area (Å²) in [6.45, 7) is 4.49. The third-order valence-corrected chi connectivity index (χ3v) is 3.73. The number of rotatable bonds is 3. The lowest BCUT2D eigenvalue weighted by molar-refractivity contribution is 0.0981. The van der Waals surface area contributed by atoms with Crippen LogP contribution in [-0.4, -0.2) is 12.0 Å². The normalized spacial score (nSPS) is 26.9. The Morgan fingerprint density at radius 2 is 1.84 bits per heavy atom. The van der Waals surface area contributed by atoms with E-state index in [9.17, 15) is 4.79 Å². The minimum absolute atomic E-state index is 0.171. The third-order valence-electron chi connectivity index (χ3n) is 3.73. The van der Waals surface area contributed by atoms with Crippen LogP contribution in [0.15, 0.2) is 18.2 Å². The number of amides is 1. The summed E-state index contributed by atoms with van der Waals surface area (Å²) in [6, 6.07) is 4.93. The van der Waals surface area contributed by atoms with E-state index >= 15 is 0 Å². The fourth-order valence-corrected chi connectivity index (χ4v) is 2.94. The Morgan fingerprint density at radius 3 is 2.42 bits per heavy atom. The van der Waals surface area contributed by atoms with Gasteiger partial charge in [-0.25, -0.2) is 0 Å². The first-order chi connectivity index (χ1) is 8.95. The molecule has 1 amide bonds. The van der Waals surface area contributed by atoms with Crippen molar-refractivity contribution < 1.29 is 9.53 Å². The Morgan fingerprint density at radius 1 is 1.21 bits per heavy atom. The molecule has 1 aromatic carbocycles. The van der Waals surface area contributed by atoms with Crippen molar-refractivity contribution in [1.82, 2.24) is 0 Å². The molecule has 0 spiro atoms. The van der Waals surface area contributed by atoms with Crippen LogP contribution >= 0.6 is 0 Å². The molecule has 2 rings (SSSR count). The molecule has 4 N–H and O–H groups in total. The predicted molar refractivity (Wildman–Crippen MR) is 76.0 cm³/mol. The molecule has 1 aliphatic carbocycles. The average Bonchev–Trinajstić information content (AvgIpc) is 2.30. The number of carbonyl (C=O) groups is 1. The van der Waals surface area contributed by atoms with Gasteiger partial charge < -0.3 is 16.2 Å². The van der Waals surface area contributed by atoms with Crippen LogP contribution < -0.4 is 16.2 Å². The summed E-state index contributed by atoms with van der Waals surface area (Å²) in [5.41, 5.74) is 12.2. The fourth-order valence-electron chi connectivity index (χ4n) is 2.94. The number of hydrogen-bond acceptors (Lipinski definition) is 3. The van der Waals surface area contributed by atoms with Gasteiger partial charge in [0.15, 0.2) is 0 Å². The molecular weight excluding hydrogens is 240 g/mol. The Balaban J connectivity index is 2.13. The minimum atomic E-state index is -0.463. The fraction of sp³-hybridized carbons (Fsp3) is 0.533. The van der Waals surface area contributed by atoms with Crippen molar-refractivity contribution in [3.8, 4) is 5.75 Å². The molecule has 4 heteroatoms. The van der Waals surface area contributed by atoms with E-state index in [0.29, 0.717) is 28.8 Å². The molecule has 0 aliphatic heterocycles. The molecule has 104 valence electrons. The lowest BCUT2D eigenvalue weighted by Gasteiger charge is -2.32. The highest BCUT2D eigenvalue weighted by atomic mass is 16.5. The topological polar surface area (TPSA) is 78.3 Å². The number of ether oxygens (including phenoxy) is 1. The largest absolute Gasteiger partial charge is 0.488 e. The Labute approximate surface area is 114 Å². The van der Waals surface area contributed by atoms with Crippen LogP contribution in [0.3, 0.4) is 0 Å². The maximum Gasteiger partial charge on any atom is 0.248 e. The van der Waals surface area contributed by atoms with Crippen LogP contribution in [0.25, 0.3) is 0 Å². The van der Waals surface area contributed by atoms with Crippen LogP contribution in [0, 0.1) is 11.8 Å². The zero-order chi connectivity index (χ0) is 14.0. The number of nitrogens with two attached hydrogens (primary N) is 2. The molecule has 2 atom stereocenters. The number of hydrogen-bond donors (Lipinski definition) is 2. The van der Waals surface area contributed by atoms with Gasteiger partial charge in [0.2, 0.25) is 5.91 Å². The van der Waals surface area contributed by atoms with Crippen LogP contribution in [0.2, 0.25) is 0 Å². The Kier molecular flexibility index (Phi) is 3.98. The predicted octanol–water partition coefficient (Wildman–Crippen LogP) is 2.57. The van der Waals surface area contributed by atoms with Crippen molar-refractivity contribution >= 4 is 11.6 Å². The molecule has 0 saturated heterocycles. The van der Waals surface area contributed by atoms with E-state index in [0.717, 1.165) is 12.8 Å². The molecule has 19 heavy (non-hydrogen) atoms. The van der Waals surface area contributed by atoms with Crippen LogP contribution in [0.4, 0.5) is 5.69 Å². The van der Waals surface area contributed by atoms with Gasteiger partial charge in [-0.2, -0.15) is 0 Å². The van der Waals surface area contributed by atoms with E-state index in [-0.39, 0.29) is 6.10 Å². The van der Waals surface area contributed by atoms with Gasteiger partial charge in [0.05, 0.1) is 11.8 Å². The number of benzene rings is 1. The zero-order valence-corrected chi connectivity index (χ0v) is 11.6. The number of nitrogen functional groups attached to an aromatic ring is 1. The smallest absolute Gasteiger partial charge is 0.248 e. The Hall–Kier alpha value is -1.71. The van der Waals surface area contributed by atoms with Crippen molar-refractivity contribution in [1.29, 1.82) is 0 Å². The maximum absolute atomic E-state index is 11.2. The van der Waals surface area contributed by atoms with Gasteiger partial charge in [-0.3, -0.25) is 4.79 Å². The molecule has 0 aromatic heterocycles. The molecule has 1 aliphatic rings. The van der Waals surface area contributed by atoms with E-state index in [1.165, 1.54) is 6.42 Å². The lowest BCUT2D eigenvalue weighted by atomic mass is 9.82. The second-order valence-electron chi connectivity index (χ2n) is 5.77. The lowest BCUT2D eigenvalue weighted by Crippen LogP contribution is -2.28. The Bertz CT molecular complexity index is 463. The summed E-state index contributed by atoms with van der Waals surface area (Å²) in [6.07, 6.45) is 3.48. The van der Waals surface area contributed by atoms with Crippen LogP contribution in [-0.2, 0) is 0 Å². The molecule has 0 radical (unpaired) electrons. The highest BCUT2D eigenvalue weighted by molar-refractivity contribution is 5.93. The van der Waals surface area contributed by atoms with Crippen molar-refractivity contribution in [3.63, 3.8) is 0 Å². The highest BCUT2D eigenvalue weighted by Gasteiger charge is 2.25. The number of primary amides is 1. The van der Waals surface area contributed by atoms with Crippen molar-refractivity contribution in [2.45, 2.75) is 39.2 Å². The van der Waals surface area contributed by atoms with Crippen molar-refractivity contribution in [3.05, 3.63) is 23.8 Å². The average molecular weight is 262 g/mol. The number of anilines is 1. The SMILES string of the molecule is CC1CC(C)CC(Oc2cc(C(N)=O)ccc2N)C1. The van der Waals surface area contributed by atoms with E-state index in [4.69, 9.17) is 16.2 Å². The third kappa shape index (κ3) is 3.40. The first-order valence-electron chi connectivity index (χ1n) is 6.81. The van der Waals surface area contributed by atoms with Gasteiger partial charge in [-0.05, 0) is 49.3 Å². The monoisotopic (exact) mass is 262 g/mol. The molecule has 1 aromatic rings. The molecule has 1 saturated carbocycles. The van der Waals surface area contributed by atoms with Gasteiger partial charge >= 0.3 is 0 Å². The molecule has 0 bridgehead atoms. The highest BCUT2D eigenvalue weighted by Crippen LogP contribution is 2.33. The van der Waals surface area contributed by atoms with Crippen molar-refractivity contribution in [2.75, 3.05) is 5.73 Å². The van der Waals surface area contributed by atoms with Gasteiger partial charge in [-0.15, -0.1) is 0 Å². The van der Waals surface area contributed by atoms with Gasteiger partial charge in [0, 0.05) is 5.56 Å². The summed E-state index contributed by atoms with van der Waals surface area (Å²) in [5, 5.41) is 0. The molecule has 4 nitrogen and oxygen atoms in total. The summed E-state index contributed by atoms with van der Waals surface area (Å²) < 4.78 is 5.98. The second-order valence-corrected chi connectivity index (χ2v) is 5.77. The summed E-state index contributed by atoms with van der Waals surface area (Å²) >= 11 is 0. The number of carbonyl (C=O) groups excluding carboxylic acids is 1. The maximum atomic E-state index is 11.2. The van der Waals surface area contributed by atoms with Crippen LogP contribution in [0.5, 0.6) is 5.75 Å². The molecule has 2 unspecified atom stereocenters. The second kappa shape index (κ2) is 5.51. The van der Waals surface area contributed by atoms with E-state index < -0.39 is 5.91 Å².